The molecular formula is C18H25FN2O4. The lowest BCUT2D eigenvalue weighted by atomic mass is 10.1. The molecule has 7 heteroatoms. The molecule has 0 N–H and O–H groups in total. The largest absolute Gasteiger partial charge is 0.381 e. The quantitative estimate of drug-likeness (QED) is 0.578. The molecule has 6 nitrogen and oxygen atoms in total. The van der Waals surface area contributed by atoms with Gasteiger partial charge in [-0.15, -0.1) is 0 Å². The third-order valence-corrected chi connectivity index (χ3v) is 5.12. The third kappa shape index (κ3) is 4.67. The van der Waals surface area contributed by atoms with Gasteiger partial charge >= 0.3 is 0 Å². The maximum atomic E-state index is 13.3. The summed E-state index contributed by atoms with van der Waals surface area (Å²) in [7, 11) is 1.72. The van der Waals surface area contributed by atoms with Crippen LogP contribution < -0.4 is 4.90 Å². The summed E-state index contributed by atoms with van der Waals surface area (Å²) in [6, 6.07) is 5.11. The summed E-state index contributed by atoms with van der Waals surface area (Å²) < 4.78 is 24.4. The smallest absolute Gasteiger partial charge is 0.271 e. The number of rotatable bonds is 6. The van der Waals surface area contributed by atoms with Crippen LogP contribution in [0.15, 0.2) is 18.2 Å². The van der Waals surface area contributed by atoms with Crippen molar-refractivity contribution in [1.29, 1.82) is 0 Å². The Hall–Kier alpha value is -1.73. The maximum absolute atomic E-state index is 13.3. The first-order valence-electron chi connectivity index (χ1n) is 8.87. The fourth-order valence-corrected chi connectivity index (χ4v) is 3.63. The summed E-state index contributed by atoms with van der Waals surface area (Å²) in [5.74, 6) is 0. The normalized spacial score (nSPS) is 24.6. The molecule has 0 radical (unpaired) electrons. The first-order chi connectivity index (χ1) is 12.0. The van der Waals surface area contributed by atoms with Crippen LogP contribution in [0.1, 0.15) is 37.7 Å². The number of non-ortho nitro benzene ring substituents is 1. The van der Waals surface area contributed by atoms with E-state index in [1.807, 2.05) is 6.07 Å². The number of nitrogens with zero attached hydrogens (tertiary/aromatic N) is 2. The minimum atomic E-state index is -0.784. The number of hydrogen-bond donors (Lipinski definition) is 0. The Morgan fingerprint density at radius 3 is 2.56 bits per heavy atom. The van der Waals surface area contributed by atoms with Crippen LogP contribution in [0, 0.1) is 10.1 Å². The van der Waals surface area contributed by atoms with Gasteiger partial charge in [-0.3, -0.25) is 10.1 Å². The van der Waals surface area contributed by atoms with Crippen LogP contribution >= 0.6 is 0 Å². The number of methoxy groups -OCH3 is 1. The van der Waals surface area contributed by atoms with Crippen molar-refractivity contribution < 1.29 is 18.8 Å². The number of hydrogen-bond acceptors (Lipinski definition) is 5. The minimum absolute atomic E-state index is 0.0692. The highest BCUT2D eigenvalue weighted by Gasteiger charge is 2.25. The van der Waals surface area contributed by atoms with E-state index < -0.39 is 6.17 Å². The average molecular weight is 352 g/mol. The molecule has 3 rings (SSSR count). The Morgan fingerprint density at radius 1 is 1.20 bits per heavy atom. The van der Waals surface area contributed by atoms with Gasteiger partial charge in [-0.05, 0) is 37.3 Å². The molecule has 1 aliphatic carbocycles. The van der Waals surface area contributed by atoms with Gasteiger partial charge in [0.05, 0.1) is 23.7 Å². The van der Waals surface area contributed by atoms with Gasteiger partial charge in [0.1, 0.15) is 6.17 Å². The number of alkyl halides is 1. The molecule has 2 aliphatic rings. The molecule has 1 heterocycles. The molecule has 25 heavy (non-hydrogen) atoms. The first-order valence-corrected chi connectivity index (χ1v) is 8.87. The Bertz CT molecular complexity index is 605. The van der Waals surface area contributed by atoms with Gasteiger partial charge in [-0.25, -0.2) is 4.39 Å². The number of nitro groups is 1. The zero-order valence-corrected chi connectivity index (χ0v) is 14.5. The maximum Gasteiger partial charge on any atom is 0.271 e. The van der Waals surface area contributed by atoms with E-state index in [-0.39, 0.29) is 29.4 Å². The van der Waals surface area contributed by atoms with Gasteiger partial charge in [0, 0.05) is 44.4 Å². The van der Waals surface area contributed by atoms with Gasteiger partial charge in [0.15, 0.2) is 0 Å². The van der Waals surface area contributed by atoms with E-state index >= 15 is 0 Å². The van der Waals surface area contributed by atoms with Crippen molar-refractivity contribution in [1.82, 2.24) is 0 Å². The number of ether oxygens (including phenoxy) is 2. The molecule has 0 bridgehead atoms. The summed E-state index contributed by atoms with van der Waals surface area (Å²) in [4.78, 5) is 13.0. The molecule has 2 unspecified atom stereocenters. The predicted molar refractivity (Wildman–Crippen MR) is 92.7 cm³/mol. The van der Waals surface area contributed by atoms with Crippen molar-refractivity contribution in [2.75, 3.05) is 25.1 Å². The molecule has 0 aromatic heterocycles. The topological polar surface area (TPSA) is 64.8 Å². The van der Waals surface area contributed by atoms with E-state index in [9.17, 15) is 14.5 Å². The molecule has 1 aliphatic heterocycles. The molecule has 0 spiro atoms. The number of halogens is 1. The lowest BCUT2D eigenvalue weighted by molar-refractivity contribution is -0.384. The average Bonchev–Trinajstić information content (AvgIpc) is 3.05. The fourth-order valence-electron chi connectivity index (χ4n) is 3.63. The summed E-state index contributed by atoms with van der Waals surface area (Å²) in [5.41, 5.74) is 1.68. The Morgan fingerprint density at radius 2 is 1.96 bits per heavy atom. The van der Waals surface area contributed by atoms with Crippen LogP contribution in [0.5, 0.6) is 0 Å². The van der Waals surface area contributed by atoms with Crippen molar-refractivity contribution in [3.8, 4) is 0 Å². The second-order valence-electron chi connectivity index (χ2n) is 6.88. The van der Waals surface area contributed by atoms with Crippen molar-refractivity contribution in [2.24, 2.45) is 0 Å². The van der Waals surface area contributed by atoms with E-state index in [1.54, 1.807) is 19.2 Å². The summed E-state index contributed by atoms with van der Waals surface area (Å²) in [5, 5.41) is 11.3. The number of nitro benzene ring substituents is 1. The summed E-state index contributed by atoms with van der Waals surface area (Å²) in [6.45, 7) is 1.90. The Kier molecular flexibility index (Phi) is 5.86. The summed E-state index contributed by atoms with van der Waals surface area (Å²) >= 11 is 0. The Labute approximate surface area is 147 Å². The van der Waals surface area contributed by atoms with Gasteiger partial charge in [-0.1, -0.05) is 0 Å². The lowest BCUT2D eigenvalue weighted by Gasteiger charge is -2.33. The molecule has 2 atom stereocenters. The lowest BCUT2D eigenvalue weighted by Crippen LogP contribution is -2.36. The Balaban J connectivity index is 1.70. The van der Waals surface area contributed by atoms with E-state index in [1.165, 1.54) is 0 Å². The molecule has 2 fully saturated rings. The van der Waals surface area contributed by atoms with Gasteiger partial charge < -0.3 is 14.4 Å². The standard InChI is InChI=1S/C18H25FN2O4/c1-24-17-4-6-20(7-5-17)15-8-13(9-16(11-15)21(22)23)12-25-18-3-2-14(19)10-18/h8-9,11,14,17-18H,2-7,10,12H2,1H3. The van der Waals surface area contributed by atoms with Crippen molar-refractivity contribution in [3.05, 3.63) is 33.9 Å². The molecule has 1 saturated heterocycles. The molecule has 1 saturated carbocycles. The van der Waals surface area contributed by atoms with E-state index in [2.05, 4.69) is 4.90 Å². The van der Waals surface area contributed by atoms with Crippen LogP contribution in [0.2, 0.25) is 0 Å². The highest BCUT2D eigenvalue weighted by atomic mass is 19.1. The van der Waals surface area contributed by atoms with E-state index in [0.29, 0.717) is 19.3 Å². The monoisotopic (exact) mass is 352 g/mol. The van der Waals surface area contributed by atoms with E-state index in [4.69, 9.17) is 9.47 Å². The zero-order chi connectivity index (χ0) is 17.8. The second-order valence-corrected chi connectivity index (χ2v) is 6.88. The summed E-state index contributed by atoms with van der Waals surface area (Å²) in [6.07, 6.45) is 2.88. The fraction of sp³-hybridized carbons (Fsp3) is 0.667. The third-order valence-electron chi connectivity index (χ3n) is 5.12. The van der Waals surface area contributed by atoms with Gasteiger partial charge in [0.25, 0.3) is 5.69 Å². The number of anilines is 1. The van der Waals surface area contributed by atoms with Crippen molar-refractivity contribution in [2.45, 2.75) is 57.1 Å². The van der Waals surface area contributed by atoms with E-state index in [0.717, 1.165) is 37.2 Å². The number of piperidine rings is 1. The molecule has 138 valence electrons. The highest BCUT2D eigenvalue weighted by molar-refractivity contribution is 5.56. The first kappa shape index (κ1) is 18.1. The van der Waals surface area contributed by atoms with Gasteiger partial charge in [0.2, 0.25) is 0 Å². The SMILES string of the molecule is COC1CCN(c2cc(COC3CCC(F)C3)cc([N+](=O)[O-])c2)CC1. The van der Waals surface area contributed by atoms with Crippen molar-refractivity contribution in [3.63, 3.8) is 0 Å². The molecule has 1 aromatic carbocycles. The van der Waals surface area contributed by atoms with Gasteiger partial charge in [-0.2, -0.15) is 0 Å². The van der Waals surface area contributed by atoms with Crippen LogP contribution in [-0.4, -0.2) is 43.5 Å². The molecule has 1 aromatic rings. The van der Waals surface area contributed by atoms with Crippen molar-refractivity contribution >= 4 is 11.4 Å². The highest BCUT2D eigenvalue weighted by Crippen LogP contribution is 2.29. The van der Waals surface area contributed by atoms with Crippen LogP contribution in [0.25, 0.3) is 0 Å². The molecule has 0 amide bonds. The predicted octanol–water partition coefficient (Wildman–Crippen LogP) is 3.62. The van der Waals surface area contributed by atoms with Crippen LogP contribution in [0.4, 0.5) is 15.8 Å². The molecular weight excluding hydrogens is 327 g/mol. The van der Waals surface area contributed by atoms with Crippen LogP contribution in [-0.2, 0) is 16.1 Å². The van der Waals surface area contributed by atoms with Crippen LogP contribution in [0.3, 0.4) is 0 Å². The zero-order valence-electron chi connectivity index (χ0n) is 14.5. The minimum Gasteiger partial charge on any atom is -0.381 e. The second kappa shape index (κ2) is 8.10. The number of benzene rings is 1.